The SMILES string of the molecule is CC(=O)Nc1nc(OCc2ccccc2)c(C)nc1[C@@H]1O[C@H](CO)[C@@H](O)[C@H]1OC(=O)c1ccccc1. The van der Waals surface area contributed by atoms with Gasteiger partial charge in [-0.05, 0) is 24.6 Å². The maximum Gasteiger partial charge on any atom is 0.338 e. The number of aromatic nitrogens is 2. The molecule has 0 spiro atoms. The van der Waals surface area contributed by atoms with Crippen LogP contribution in [0.15, 0.2) is 60.7 Å². The van der Waals surface area contributed by atoms with Crippen LogP contribution in [0.5, 0.6) is 5.88 Å². The van der Waals surface area contributed by atoms with E-state index in [-0.39, 0.29) is 29.6 Å². The molecule has 1 aliphatic heterocycles. The van der Waals surface area contributed by atoms with Crippen molar-refractivity contribution >= 4 is 17.7 Å². The summed E-state index contributed by atoms with van der Waals surface area (Å²) in [6.45, 7) is 2.70. The molecule has 36 heavy (non-hydrogen) atoms. The number of aliphatic hydroxyl groups is 2. The minimum absolute atomic E-state index is 0.0349. The van der Waals surface area contributed by atoms with Crippen molar-refractivity contribution in [1.82, 2.24) is 9.97 Å². The average molecular weight is 494 g/mol. The predicted octanol–water partition coefficient (Wildman–Crippen LogP) is 2.34. The van der Waals surface area contributed by atoms with Crippen LogP contribution in [0.3, 0.4) is 0 Å². The molecule has 0 radical (unpaired) electrons. The quantitative estimate of drug-likeness (QED) is 0.403. The number of carbonyl (C=O) groups excluding carboxylic acids is 2. The van der Waals surface area contributed by atoms with Gasteiger partial charge in [0.05, 0.1) is 17.9 Å². The Morgan fingerprint density at radius 1 is 1.06 bits per heavy atom. The number of anilines is 1. The number of hydrogen-bond acceptors (Lipinski definition) is 9. The molecule has 2 heterocycles. The summed E-state index contributed by atoms with van der Waals surface area (Å²) in [5.74, 6) is -0.868. The van der Waals surface area contributed by atoms with E-state index in [1.54, 1.807) is 37.3 Å². The number of esters is 1. The van der Waals surface area contributed by atoms with Crippen molar-refractivity contribution in [2.45, 2.75) is 44.9 Å². The molecule has 1 aromatic heterocycles. The molecule has 0 aliphatic carbocycles. The van der Waals surface area contributed by atoms with Crippen LogP contribution < -0.4 is 10.1 Å². The lowest BCUT2D eigenvalue weighted by atomic mass is 10.0. The van der Waals surface area contributed by atoms with Gasteiger partial charge < -0.3 is 29.7 Å². The molecular formula is C26H27N3O7. The Balaban J connectivity index is 1.66. The first-order valence-electron chi connectivity index (χ1n) is 11.4. The Morgan fingerprint density at radius 2 is 1.72 bits per heavy atom. The van der Waals surface area contributed by atoms with E-state index in [1.807, 2.05) is 30.3 Å². The normalized spacial score (nSPS) is 21.1. The molecule has 4 rings (SSSR count). The fourth-order valence-corrected chi connectivity index (χ4v) is 3.85. The largest absolute Gasteiger partial charge is 0.471 e. The van der Waals surface area contributed by atoms with E-state index in [4.69, 9.17) is 14.2 Å². The maximum atomic E-state index is 12.7. The van der Waals surface area contributed by atoms with Gasteiger partial charge in [0.1, 0.15) is 30.6 Å². The van der Waals surface area contributed by atoms with Gasteiger partial charge in [-0.15, -0.1) is 0 Å². The third-order valence-electron chi connectivity index (χ3n) is 5.61. The van der Waals surface area contributed by atoms with Crippen molar-refractivity contribution in [3.05, 3.63) is 83.2 Å². The highest BCUT2D eigenvalue weighted by Crippen LogP contribution is 2.39. The zero-order valence-corrected chi connectivity index (χ0v) is 19.8. The summed E-state index contributed by atoms with van der Waals surface area (Å²) in [7, 11) is 0. The number of amides is 1. The Hall–Kier alpha value is -3.86. The highest BCUT2D eigenvalue weighted by Gasteiger charge is 2.48. The molecule has 0 bridgehead atoms. The first-order valence-corrected chi connectivity index (χ1v) is 11.4. The van der Waals surface area contributed by atoms with Crippen molar-refractivity contribution in [1.29, 1.82) is 0 Å². The fourth-order valence-electron chi connectivity index (χ4n) is 3.85. The van der Waals surface area contributed by atoms with Gasteiger partial charge in [0.2, 0.25) is 11.8 Å². The molecule has 0 saturated carbocycles. The smallest absolute Gasteiger partial charge is 0.338 e. The minimum atomic E-state index is -1.34. The van der Waals surface area contributed by atoms with E-state index < -0.39 is 42.9 Å². The van der Waals surface area contributed by atoms with E-state index in [2.05, 4.69) is 15.3 Å². The molecule has 10 heteroatoms. The summed E-state index contributed by atoms with van der Waals surface area (Å²) in [6.07, 6.45) is -4.70. The van der Waals surface area contributed by atoms with Crippen molar-refractivity contribution < 1.29 is 34.0 Å². The number of ether oxygens (including phenoxy) is 3. The molecule has 4 atom stereocenters. The van der Waals surface area contributed by atoms with Crippen LogP contribution >= 0.6 is 0 Å². The summed E-state index contributed by atoms with van der Waals surface area (Å²) in [6, 6.07) is 17.8. The lowest BCUT2D eigenvalue weighted by Crippen LogP contribution is -2.36. The average Bonchev–Trinajstić information content (AvgIpc) is 3.19. The summed E-state index contributed by atoms with van der Waals surface area (Å²) >= 11 is 0. The third kappa shape index (κ3) is 5.68. The van der Waals surface area contributed by atoms with Crippen LogP contribution in [0.1, 0.15) is 40.3 Å². The van der Waals surface area contributed by atoms with Gasteiger partial charge >= 0.3 is 5.97 Å². The highest BCUT2D eigenvalue weighted by atomic mass is 16.6. The predicted molar refractivity (Wildman–Crippen MR) is 128 cm³/mol. The summed E-state index contributed by atoms with van der Waals surface area (Å²) in [5, 5.41) is 23.1. The van der Waals surface area contributed by atoms with E-state index in [1.165, 1.54) is 6.92 Å². The fraction of sp³-hybridized carbons (Fsp3) is 0.308. The van der Waals surface area contributed by atoms with Crippen LogP contribution in [-0.4, -0.2) is 57.0 Å². The summed E-state index contributed by atoms with van der Waals surface area (Å²) in [4.78, 5) is 33.7. The molecule has 188 valence electrons. The zero-order chi connectivity index (χ0) is 25.7. The van der Waals surface area contributed by atoms with Crippen molar-refractivity contribution in [2.75, 3.05) is 11.9 Å². The van der Waals surface area contributed by atoms with Gasteiger partial charge in [0.15, 0.2) is 11.9 Å². The van der Waals surface area contributed by atoms with Crippen molar-refractivity contribution in [2.24, 2.45) is 0 Å². The molecule has 1 aliphatic rings. The zero-order valence-electron chi connectivity index (χ0n) is 19.8. The molecule has 3 aromatic rings. The van der Waals surface area contributed by atoms with Crippen molar-refractivity contribution in [3.8, 4) is 5.88 Å². The Morgan fingerprint density at radius 3 is 2.36 bits per heavy atom. The van der Waals surface area contributed by atoms with Gasteiger partial charge in [0, 0.05) is 6.92 Å². The first-order chi connectivity index (χ1) is 17.4. The van der Waals surface area contributed by atoms with Gasteiger partial charge in [-0.3, -0.25) is 4.79 Å². The number of nitrogens with one attached hydrogen (secondary N) is 1. The number of aliphatic hydroxyl groups excluding tert-OH is 2. The minimum Gasteiger partial charge on any atom is -0.471 e. The Kier molecular flexibility index (Phi) is 7.89. The standard InChI is InChI=1S/C26H27N3O7/c1-15-25(34-14-17-9-5-3-6-10-17)29-24(28-16(2)31)20(27-15)22-23(21(32)19(13-30)35-22)36-26(33)18-11-7-4-8-12-18/h3-12,19,21-23,30,32H,13-14H2,1-2H3,(H,28,29,31)/t19-,21-,22+,23-/m1/s1. The van der Waals surface area contributed by atoms with Gasteiger partial charge in [-0.2, -0.15) is 4.98 Å². The van der Waals surface area contributed by atoms with E-state index in [9.17, 15) is 19.8 Å². The first kappa shape index (κ1) is 25.2. The number of nitrogens with zero attached hydrogens (tertiary/aromatic N) is 2. The second kappa shape index (κ2) is 11.3. The van der Waals surface area contributed by atoms with Crippen LogP contribution in [0.2, 0.25) is 0 Å². The molecule has 3 N–H and O–H groups in total. The van der Waals surface area contributed by atoms with Gasteiger partial charge in [0.25, 0.3) is 0 Å². The van der Waals surface area contributed by atoms with Crippen molar-refractivity contribution in [3.63, 3.8) is 0 Å². The lowest BCUT2D eigenvalue weighted by molar-refractivity contribution is -0.114. The topological polar surface area (TPSA) is 140 Å². The molecule has 1 amide bonds. The monoisotopic (exact) mass is 493 g/mol. The number of rotatable bonds is 8. The van der Waals surface area contributed by atoms with E-state index in [0.29, 0.717) is 5.69 Å². The molecule has 0 unspecified atom stereocenters. The second-order valence-corrected chi connectivity index (χ2v) is 8.31. The van der Waals surface area contributed by atoms with Crippen LogP contribution in [0.25, 0.3) is 0 Å². The Labute approximate surface area is 207 Å². The number of benzene rings is 2. The molecule has 1 fully saturated rings. The summed E-state index contributed by atoms with van der Waals surface area (Å²) < 4.78 is 17.3. The van der Waals surface area contributed by atoms with Gasteiger partial charge in [-0.1, -0.05) is 48.5 Å². The number of aryl methyl sites for hydroxylation is 1. The highest BCUT2D eigenvalue weighted by molar-refractivity contribution is 5.90. The number of carbonyl (C=O) groups is 2. The van der Waals surface area contributed by atoms with E-state index >= 15 is 0 Å². The molecule has 1 saturated heterocycles. The Bertz CT molecular complexity index is 1210. The van der Waals surface area contributed by atoms with Crippen LogP contribution in [-0.2, 0) is 20.9 Å². The van der Waals surface area contributed by atoms with E-state index in [0.717, 1.165) is 5.56 Å². The van der Waals surface area contributed by atoms with Crippen LogP contribution in [0, 0.1) is 6.92 Å². The van der Waals surface area contributed by atoms with Crippen LogP contribution in [0.4, 0.5) is 5.82 Å². The lowest BCUT2D eigenvalue weighted by Gasteiger charge is -2.23. The molecule has 2 aromatic carbocycles. The molecule has 10 nitrogen and oxygen atoms in total. The number of hydrogen-bond donors (Lipinski definition) is 3. The maximum absolute atomic E-state index is 12.7. The second-order valence-electron chi connectivity index (χ2n) is 8.31. The summed E-state index contributed by atoms with van der Waals surface area (Å²) in [5.41, 5.74) is 1.74. The molecular weight excluding hydrogens is 466 g/mol. The third-order valence-corrected chi connectivity index (χ3v) is 5.61. The van der Waals surface area contributed by atoms with Gasteiger partial charge in [-0.25, -0.2) is 9.78 Å².